The average molecular weight is 455 g/mol. The van der Waals surface area contributed by atoms with Crippen LogP contribution in [0.2, 0.25) is 0 Å². The van der Waals surface area contributed by atoms with Crippen LogP contribution in [0.1, 0.15) is 52.8 Å². The predicted molar refractivity (Wildman–Crippen MR) is 118 cm³/mol. The van der Waals surface area contributed by atoms with Crippen LogP contribution in [0, 0.1) is 0 Å². The number of carbonyl (C=O) groups excluding carboxylic acids is 4. The molecule has 0 fully saturated rings. The smallest absolute Gasteiger partial charge is 0.339 e. The summed E-state index contributed by atoms with van der Waals surface area (Å²) in [5.41, 5.74) is 7.02. The van der Waals surface area contributed by atoms with Gasteiger partial charge in [0.2, 0.25) is 5.78 Å². The molecule has 31 heavy (non-hydrogen) atoms. The number of amides is 2. The fourth-order valence-corrected chi connectivity index (χ4v) is 5.51. The van der Waals surface area contributed by atoms with Gasteiger partial charge < -0.3 is 15.8 Å². The number of benzene rings is 1. The van der Waals surface area contributed by atoms with Gasteiger partial charge >= 0.3 is 5.97 Å². The van der Waals surface area contributed by atoms with Gasteiger partial charge in [-0.25, -0.2) is 4.79 Å². The fourth-order valence-electron chi connectivity index (χ4n) is 3.52. The summed E-state index contributed by atoms with van der Waals surface area (Å²) < 4.78 is 5.14. The maximum Gasteiger partial charge on any atom is 0.339 e. The van der Waals surface area contributed by atoms with Crippen molar-refractivity contribution in [1.29, 1.82) is 0 Å². The lowest BCUT2D eigenvalue weighted by Crippen LogP contribution is -2.23. The van der Waals surface area contributed by atoms with E-state index >= 15 is 0 Å². The van der Waals surface area contributed by atoms with Gasteiger partial charge in [0, 0.05) is 10.4 Å². The number of hydrogen-bond donors (Lipinski definition) is 2. The molecule has 1 aromatic carbocycles. The van der Waals surface area contributed by atoms with Crippen LogP contribution in [0.4, 0.5) is 5.00 Å². The third-order valence-corrected chi connectivity index (χ3v) is 6.97. The Morgan fingerprint density at radius 3 is 2.52 bits per heavy atom. The van der Waals surface area contributed by atoms with Crippen molar-refractivity contribution < 1.29 is 23.9 Å². The second-order valence-corrected chi connectivity index (χ2v) is 8.95. The SMILES string of the molecule is NC(=O)c1c(NC(=O)COC(=O)c2ccccc2C(=O)c2cccs2)sc2c1CCC2. The number of primary amides is 1. The van der Waals surface area contributed by atoms with Crippen molar-refractivity contribution in [3.8, 4) is 0 Å². The molecule has 0 aliphatic heterocycles. The Morgan fingerprint density at radius 1 is 1.03 bits per heavy atom. The standard InChI is InChI=1S/C22H18N2O5S2/c23-20(27)18-14-7-3-8-15(14)31-21(18)24-17(25)11-29-22(28)13-6-2-1-5-12(13)19(26)16-9-4-10-30-16/h1-2,4-6,9-10H,3,7-8,11H2,(H2,23,27)(H,24,25). The second-order valence-electron chi connectivity index (χ2n) is 6.90. The number of anilines is 1. The van der Waals surface area contributed by atoms with Gasteiger partial charge in [0.1, 0.15) is 5.00 Å². The van der Waals surface area contributed by atoms with Gasteiger partial charge in [0.25, 0.3) is 11.8 Å². The minimum atomic E-state index is -0.778. The minimum absolute atomic E-state index is 0.0848. The van der Waals surface area contributed by atoms with Crippen molar-refractivity contribution in [2.45, 2.75) is 19.3 Å². The molecular weight excluding hydrogens is 436 g/mol. The highest BCUT2D eigenvalue weighted by Crippen LogP contribution is 2.38. The number of nitrogens with one attached hydrogen (secondary N) is 1. The molecule has 1 aliphatic carbocycles. The first-order valence-electron chi connectivity index (χ1n) is 9.54. The van der Waals surface area contributed by atoms with E-state index in [1.165, 1.54) is 28.7 Å². The molecule has 0 spiro atoms. The molecule has 2 aromatic heterocycles. The quantitative estimate of drug-likeness (QED) is 0.419. The summed E-state index contributed by atoms with van der Waals surface area (Å²) in [4.78, 5) is 51.0. The summed E-state index contributed by atoms with van der Waals surface area (Å²) in [6.07, 6.45) is 2.56. The van der Waals surface area contributed by atoms with Gasteiger partial charge in [-0.1, -0.05) is 24.3 Å². The van der Waals surface area contributed by atoms with Gasteiger partial charge in [0.15, 0.2) is 6.61 Å². The zero-order valence-electron chi connectivity index (χ0n) is 16.3. The van der Waals surface area contributed by atoms with Gasteiger partial charge in [-0.2, -0.15) is 0 Å². The number of fused-ring (bicyclic) bond motifs is 1. The van der Waals surface area contributed by atoms with Crippen molar-refractivity contribution in [2.75, 3.05) is 11.9 Å². The number of esters is 1. The zero-order valence-corrected chi connectivity index (χ0v) is 17.9. The highest BCUT2D eigenvalue weighted by atomic mass is 32.1. The second kappa shape index (κ2) is 8.83. The molecule has 3 aromatic rings. The van der Waals surface area contributed by atoms with Crippen LogP contribution in [-0.2, 0) is 22.4 Å². The molecule has 7 nitrogen and oxygen atoms in total. The van der Waals surface area contributed by atoms with Gasteiger partial charge in [0.05, 0.1) is 16.0 Å². The van der Waals surface area contributed by atoms with Crippen molar-refractivity contribution >= 4 is 51.2 Å². The van der Waals surface area contributed by atoms with Gasteiger partial charge in [-0.15, -0.1) is 22.7 Å². The Kier molecular flexibility index (Phi) is 5.97. The summed E-state index contributed by atoms with van der Waals surface area (Å²) in [6, 6.07) is 9.74. The molecule has 0 radical (unpaired) electrons. The Hall–Kier alpha value is -3.30. The lowest BCUT2D eigenvalue weighted by Gasteiger charge is -2.09. The van der Waals surface area contributed by atoms with E-state index in [4.69, 9.17) is 10.5 Å². The van der Waals surface area contributed by atoms with E-state index in [1.54, 1.807) is 35.7 Å². The van der Waals surface area contributed by atoms with Crippen molar-refractivity contribution in [3.63, 3.8) is 0 Å². The van der Waals surface area contributed by atoms with E-state index in [1.807, 2.05) is 0 Å². The Labute approximate surface area is 185 Å². The summed E-state index contributed by atoms with van der Waals surface area (Å²) in [5, 5.41) is 4.78. The number of aryl methyl sites for hydroxylation is 1. The third-order valence-electron chi connectivity index (χ3n) is 4.89. The molecule has 0 unspecified atom stereocenters. The molecule has 2 heterocycles. The average Bonchev–Trinajstić information content (AvgIpc) is 3.49. The maximum absolute atomic E-state index is 12.7. The molecule has 0 bridgehead atoms. The summed E-state index contributed by atoms with van der Waals surface area (Å²) in [6.45, 7) is -0.554. The molecular formula is C22H18N2O5S2. The van der Waals surface area contributed by atoms with E-state index in [-0.39, 0.29) is 16.9 Å². The summed E-state index contributed by atoms with van der Waals surface area (Å²) in [5.74, 6) is -2.24. The van der Waals surface area contributed by atoms with Crippen molar-refractivity contribution in [1.82, 2.24) is 0 Å². The number of rotatable bonds is 7. The highest BCUT2D eigenvalue weighted by Gasteiger charge is 2.26. The molecule has 2 amide bonds. The summed E-state index contributed by atoms with van der Waals surface area (Å²) in [7, 11) is 0. The minimum Gasteiger partial charge on any atom is -0.452 e. The van der Waals surface area contributed by atoms with Crippen LogP contribution in [0.25, 0.3) is 0 Å². The molecule has 1 aliphatic rings. The van der Waals surface area contributed by atoms with Crippen molar-refractivity contribution in [3.05, 3.63) is 73.8 Å². The summed E-state index contributed by atoms with van der Waals surface area (Å²) >= 11 is 2.60. The Balaban J connectivity index is 1.44. The van der Waals surface area contributed by atoms with E-state index < -0.39 is 24.4 Å². The normalized spacial score (nSPS) is 12.3. The highest BCUT2D eigenvalue weighted by molar-refractivity contribution is 7.17. The number of ketones is 1. The largest absolute Gasteiger partial charge is 0.452 e. The first-order valence-corrected chi connectivity index (χ1v) is 11.2. The molecule has 9 heteroatoms. The number of hydrogen-bond acceptors (Lipinski definition) is 7. The number of thiophene rings is 2. The number of carbonyl (C=O) groups is 4. The monoisotopic (exact) mass is 454 g/mol. The van der Waals surface area contributed by atoms with Gasteiger partial charge in [-0.05, 0) is 42.3 Å². The first-order chi connectivity index (χ1) is 15.0. The lowest BCUT2D eigenvalue weighted by atomic mass is 10.0. The van der Waals surface area contributed by atoms with Crippen LogP contribution in [0.5, 0.6) is 0 Å². The molecule has 4 rings (SSSR count). The topological polar surface area (TPSA) is 116 Å². The van der Waals surface area contributed by atoms with Crippen molar-refractivity contribution in [2.24, 2.45) is 5.73 Å². The fraction of sp³-hybridized carbons (Fsp3) is 0.182. The molecule has 0 saturated carbocycles. The van der Waals surface area contributed by atoms with E-state index in [9.17, 15) is 19.2 Å². The Bertz CT molecular complexity index is 1180. The molecule has 0 saturated heterocycles. The van der Waals surface area contributed by atoms with Crippen LogP contribution < -0.4 is 11.1 Å². The van der Waals surface area contributed by atoms with Crippen LogP contribution in [0.15, 0.2) is 41.8 Å². The molecule has 158 valence electrons. The number of ether oxygens (including phenoxy) is 1. The van der Waals surface area contributed by atoms with E-state index in [0.29, 0.717) is 15.4 Å². The molecule has 0 atom stereocenters. The number of nitrogens with two attached hydrogens (primary N) is 1. The van der Waals surface area contributed by atoms with Crippen LogP contribution >= 0.6 is 22.7 Å². The van der Waals surface area contributed by atoms with Gasteiger partial charge in [-0.3, -0.25) is 14.4 Å². The molecule has 3 N–H and O–H groups in total. The van der Waals surface area contributed by atoms with E-state index in [0.717, 1.165) is 29.7 Å². The van der Waals surface area contributed by atoms with Crippen LogP contribution in [0.3, 0.4) is 0 Å². The lowest BCUT2D eigenvalue weighted by molar-refractivity contribution is -0.119. The predicted octanol–water partition coefficient (Wildman–Crippen LogP) is 3.42. The maximum atomic E-state index is 12.7. The zero-order chi connectivity index (χ0) is 22.0. The first kappa shape index (κ1) is 21.0. The third kappa shape index (κ3) is 4.28. The van der Waals surface area contributed by atoms with E-state index in [2.05, 4.69) is 5.32 Å². The Morgan fingerprint density at radius 2 is 1.81 bits per heavy atom. The van der Waals surface area contributed by atoms with Crippen LogP contribution in [-0.4, -0.2) is 30.2 Å².